The molecule has 0 atom stereocenters. The molecule has 1 aromatic carbocycles. The van der Waals surface area contributed by atoms with Crippen molar-refractivity contribution >= 4 is 29.1 Å². The van der Waals surface area contributed by atoms with Crippen LogP contribution in [-0.4, -0.2) is 16.6 Å². The van der Waals surface area contributed by atoms with Gasteiger partial charge in [-0.2, -0.15) is 0 Å². The number of halogens is 1. The van der Waals surface area contributed by atoms with Gasteiger partial charge in [0.2, 0.25) is 0 Å². The minimum Gasteiger partial charge on any atom is -0.258 e. The Hall–Kier alpha value is -1.00. The smallest absolute Gasteiger partial charge is 0.258 e. The number of thioether (sulfide) groups is 1. The van der Waals surface area contributed by atoms with Crippen LogP contribution in [0.1, 0.15) is 0 Å². The number of hydrogen-bond acceptors (Lipinski definition) is 3. The molecule has 0 bridgehead atoms. The molecule has 0 aliphatic heterocycles. The normalized spacial score (nSPS) is 10.7. The third-order valence-electron chi connectivity index (χ3n) is 1.65. The van der Waals surface area contributed by atoms with E-state index < -0.39 is 4.92 Å². The Balaban J connectivity index is 2.50. The average molecular weight is 244 g/mol. The van der Waals surface area contributed by atoms with Crippen LogP contribution in [0, 0.1) is 10.1 Å². The van der Waals surface area contributed by atoms with Crippen molar-refractivity contribution in [2.45, 2.75) is 4.90 Å². The van der Waals surface area contributed by atoms with Crippen molar-refractivity contribution in [2.75, 3.05) is 11.6 Å². The van der Waals surface area contributed by atoms with Crippen molar-refractivity contribution < 1.29 is 4.92 Å². The van der Waals surface area contributed by atoms with E-state index in [1.54, 1.807) is 23.9 Å². The highest BCUT2D eigenvalue weighted by atomic mass is 35.5. The van der Waals surface area contributed by atoms with Gasteiger partial charge in [-0.15, -0.1) is 23.4 Å². The second-order valence-corrected chi connectivity index (χ2v) is 4.09. The number of hydrogen-bond donors (Lipinski definition) is 0. The predicted molar refractivity (Wildman–Crippen MR) is 63.7 cm³/mol. The summed E-state index contributed by atoms with van der Waals surface area (Å²) in [6, 6.07) is 6.51. The molecule has 1 aromatic rings. The van der Waals surface area contributed by atoms with Crippen LogP contribution < -0.4 is 0 Å². The minimum absolute atomic E-state index is 0.121. The van der Waals surface area contributed by atoms with E-state index in [1.165, 1.54) is 12.1 Å². The number of nitro benzene ring substituents is 1. The van der Waals surface area contributed by atoms with Crippen LogP contribution >= 0.6 is 23.4 Å². The molecule has 80 valence electrons. The zero-order valence-electron chi connectivity index (χ0n) is 7.93. The molecule has 0 saturated heterocycles. The van der Waals surface area contributed by atoms with Crippen LogP contribution in [0.5, 0.6) is 0 Å². The van der Waals surface area contributed by atoms with E-state index >= 15 is 0 Å². The maximum atomic E-state index is 10.4. The van der Waals surface area contributed by atoms with E-state index in [9.17, 15) is 10.1 Å². The first kappa shape index (κ1) is 12.1. The van der Waals surface area contributed by atoms with Crippen molar-refractivity contribution in [2.24, 2.45) is 0 Å². The molecule has 0 fully saturated rings. The Kier molecular flexibility index (Phi) is 5.21. The van der Waals surface area contributed by atoms with Gasteiger partial charge in [0, 0.05) is 28.7 Å². The summed E-state index contributed by atoms with van der Waals surface area (Å²) in [7, 11) is 0. The zero-order valence-corrected chi connectivity index (χ0v) is 9.50. The van der Waals surface area contributed by atoms with Crippen molar-refractivity contribution in [3.63, 3.8) is 0 Å². The van der Waals surface area contributed by atoms with Crippen LogP contribution in [0.4, 0.5) is 5.69 Å². The first-order chi connectivity index (χ1) is 7.24. The van der Waals surface area contributed by atoms with E-state index in [1.807, 2.05) is 12.2 Å². The van der Waals surface area contributed by atoms with E-state index in [0.717, 1.165) is 10.6 Å². The van der Waals surface area contributed by atoms with E-state index in [0.29, 0.717) is 5.88 Å². The summed E-state index contributed by atoms with van der Waals surface area (Å²) in [4.78, 5) is 11.0. The fraction of sp³-hybridized carbons (Fsp3) is 0.200. The maximum Gasteiger partial charge on any atom is 0.269 e. The summed E-state index contributed by atoms with van der Waals surface area (Å²) in [5.74, 6) is 1.34. The fourth-order valence-corrected chi connectivity index (χ4v) is 1.82. The summed E-state index contributed by atoms with van der Waals surface area (Å²) < 4.78 is 0. The van der Waals surface area contributed by atoms with Gasteiger partial charge in [-0.25, -0.2) is 0 Å². The second-order valence-electron chi connectivity index (χ2n) is 2.69. The lowest BCUT2D eigenvalue weighted by atomic mass is 10.3. The highest BCUT2D eigenvalue weighted by Gasteiger charge is 2.03. The zero-order chi connectivity index (χ0) is 11.1. The molecule has 0 heterocycles. The van der Waals surface area contributed by atoms with Gasteiger partial charge in [-0.1, -0.05) is 12.2 Å². The number of alkyl halides is 1. The molecule has 0 aliphatic rings. The summed E-state index contributed by atoms with van der Waals surface area (Å²) in [6.07, 6.45) is 3.85. The van der Waals surface area contributed by atoms with E-state index in [4.69, 9.17) is 11.6 Å². The average Bonchev–Trinajstić information content (AvgIpc) is 2.25. The Morgan fingerprint density at radius 1 is 1.33 bits per heavy atom. The maximum absolute atomic E-state index is 10.4. The number of rotatable bonds is 5. The quantitative estimate of drug-likeness (QED) is 0.261. The molecule has 0 aliphatic carbocycles. The standard InChI is InChI=1S/C10H10ClNO2S/c11-7-1-2-8-15-10-5-3-9(4-6-10)12(13)14/h1-6H,7-8H2. The number of nitrogens with zero attached hydrogens (tertiary/aromatic N) is 1. The van der Waals surface area contributed by atoms with Crippen molar-refractivity contribution in [3.8, 4) is 0 Å². The van der Waals surface area contributed by atoms with E-state index in [2.05, 4.69) is 0 Å². The molecular formula is C10H10ClNO2S. The molecule has 15 heavy (non-hydrogen) atoms. The molecule has 0 amide bonds. The number of nitro groups is 1. The highest BCUT2D eigenvalue weighted by Crippen LogP contribution is 2.21. The highest BCUT2D eigenvalue weighted by molar-refractivity contribution is 7.99. The molecule has 0 unspecified atom stereocenters. The second kappa shape index (κ2) is 6.48. The van der Waals surface area contributed by atoms with Gasteiger partial charge in [-0.05, 0) is 12.1 Å². The molecule has 0 saturated carbocycles. The largest absolute Gasteiger partial charge is 0.269 e. The fourth-order valence-electron chi connectivity index (χ4n) is 0.939. The van der Waals surface area contributed by atoms with Gasteiger partial charge >= 0.3 is 0 Å². The van der Waals surface area contributed by atoms with E-state index in [-0.39, 0.29) is 5.69 Å². The van der Waals surface area contributed by atoms with Gasteiger partial charge in [0.1, 0.15) is 0 Å². The Morgan fingerprint density at radius 2 is 2.00 bits per heavy atom. The summed E-state index contributed by atoms with van der Waals surface area (Å²) in [5, 5.41) is 10.4. The van der Waals surface area contributed by atoms with Crippen LogP contribution in [0.2, 0.25) is 0 Å². The van der Waals surface area contributed by atoms with Crippen LogP contribution in [-0.2, 0) is 0 Å². The molecule has 5 heteroatoms. The molecule has 3 nitrogen and oxygen atoms in total. The molecule has 1 rings (SSSR count). The number of non-ortho nitro benzene ring substituents is 1. The molecule has 0 radical (unpaired) electrons. The topological polar surface area (TPSA) is 43.1 Å². The minimum atomic E-state index is -0.401. The summed E-state index contributed by atoms with van der Waals surface area (Å²) in [6.45, 7) is 0. The van der Waals surface area contributed by atoms with Crippen molar-refractivity contribution in [3.05, 3.63) is 46.5 Å². The number of allylic oxidation sites excluding steroid dienone is 1. The first-order valence-electron chi connectivity index (χ1n) is 4.32. The summed E-state index contributed by atoms with van der Waals surface area (Å²) >= 11 is 7.08. The van der Waals surface area contributed by atoms with Crippen molar-refractivity contribution in [1.82, 2.24) is 0 Å². The first-order valence-corrected chi connectivity index (χ1v) is 5.84. The molecule has 0 N–H and O–H groups in total. The lowest BCUT2D eigenvalue weighted by Crippen LogP contribution is -1.86. The third-order valence-corrected chi connectivity index (χ3v) is 2.79. The Morgan fingerprint density at radius 3 is 2.53 bits per heavy atom. The lowest BCUT2D eigenvalue weighted by Gasteiger charge is -1.97. The van der Waals surface area contributed by atoms with Crippen LogP contribution in [0.15, 0.2) is 41.3 Å². The monoisotopic (exact) mass is 243 g/mol. The summed E-state index contributed by atoms with van der Waals surface area (Å²) in [5.41, 5.74) is 0.121. The molecule has 0 spiro atoms. The Labute approximate surface area is 97.3 Å². The third kappa shape index (κ3) is 4.36. The van der Waals surface area contributed by atoms with Crippen LogP contribution in [0.25, 0.3) is 0 Å². The van der Waals surface area contributed by atoms with Gasteiger partial charge in [0.25, 0.3) is 5.69 Å². The lowest BCUT2D eigenvalue weighted by molar-refractivity contribution is -0.384. The van der Waals surface area contributed by atoms with Gasteiger partial charge in [-0.3, -0.25) is 10.1 Å². The Bertz CT molecular complexity index is 351. The van der Waals surface area contributed by atoms with Gasteiger partial charge in [0.05, 0.1) is 4.92 Å². The predicted octanol–water partition coefficient (Wildman–Crippen LogP) is 3.48. The number of benzene rings is 1. The van der Waals surface area contributed by atoms with Gasteiger partial charge in [0.15, 0.2) is 0 Å². The van der Waals surface area contributed by atoms with Gasteiger partial charge < -0.3 is 0 Å². The molecule has 0 aromatic heterocycles. The SMILES string of the molecule is O=[N+]([O-])c1ccc(SCC=CCCl)cc1. The van der Waals surface area contributed by atoms with Crippen molar-refractivity contribution in [1.29, 1.82) is 0 Å². The molecular weight excluding hydrogens is 234 g/mol. The van der Waals surface area contributed by atoms with Crippen LogP contribution in [0.3, 0.4) is 0 Å².